The number of nitrogens with one attached hydrogen (secondary N) is 1. The van der Waals surface area contributed by atoms with Crippen LogP contribution < -0.4 is 5.32 Å². The Balaban J connectivity index is 1.67. The average molecular weight is 252 g/mol. The summed E-state index contributed by atoms with van der Waals surface area (Å²) in [4.78, 5) is 14.6. The van der Waals surface area contributed by atoms with Gasteiger partial charge in [-0.05, 0) is 38.0 Å². The highest BCUT2D eigenvalue weighted by Crippen LogP contribution is 2.45. The van der Waals surface area contributed by atoms with E-state index in [0.29, 0.717) is 18.0 Å². The van der Waals surface area contributed by atoms with Crippen LogP contribution in [-0.4, -0.2) is 42.8 Å². The third-order valence-corrected chi connectivity index (χ3v) is 4.77. The molecule has 3 fully saturated rings. The number of amides is 1. The molecular weight excluding hydrogens is 228 g/mol. The molecule has 4 heteroatoms. The molecule has 1 spiro atoms. The molecule has 1 N–H and O–H groups in total. The second-order valence-corrected chi connectivity index (χ2v) is 6.06. The van der Waals surface area contributed by atoms with Crippen molar-refractivity contribution in [1.29, 1.82) is 0 Å². The molecule has 18 heavy (non-hydrogen) atoms. The molecule has 1 heterocycles. The molecule has 3 aliphatic rings. The molecule has 2 saturated carbocycles. The van der Waals surface area contributed by atoms with Gasteiger partial charge in [-0.25, -0.2) is 0 Å². The fourth-order valence-corrected chi connectivity index (χ4v) is 3.57. The van der Waals surface area contributed by atoms with Crippen LogP contribution in [0.2, 0.25) is 0 Å². The van der Waals surface area contributed by atoms with E-state index in [1.807, 2.05) is 0 Å². The Hall–Kier alpha value is -0.610. The number of methoxy groups -OCH3 is 1. The number of rotatable bonds is 5. The number of carbonyl (C=O) groups is 1. The zero-order valence-electron chi connectivity index (χ0n) is 11.3. The summed E-state index contributed by atoms with van der Waals surface area (Å²) in [5.74, 6) is 1.03. The molecule has 1 unspecified atom stereocenters. The van der Waals surface area contributed by atoms with Gasteiger partial charge < -0.3 is 9.64 Å². The highest BCUT2D eigenvalue weighted by atomic mass is 16.5. The molecule has 0 bridgehead atoms. The summed E-state index contributed by atoms with van der Waals surface area (Å²) in [6.07, 6.45) is 8.55. The maximum atomic E-state index is 12.5. The molecule has 1 saturated heterocycles. The van der Waals surface area contributed by atoms with Crippen LogP contribution in [-0.2, 0) is 9.53 Å². The van der Waals surface area contributed by atoms with E-state index in [-0.39, 0.29) is 5.54 Å². The van der Waals surface area contributed by atoms with Crippen LogP contribution in [0.3, 0.4) is 0 Å². The van der Waals surface area contributed by atoms with Gasteiger partial charge in [0.15, 0.2) is 0 Å². The minimum absolute atomic E-state index is 0.152. The zero-order chi connectivity index (χ0) is 12.6. The van der Waals surface area contributed by atoms with Crippen molar-refractivity contribution in [2.75, 3.05) is 20.3 Å². The van der Waals surface area contributed by atoms with Crippen molar-refractivity contribution in [3.05, 3.63) is 0 Å². The topological polar surface area (TPSA) is 41.6 Å². The Kier molecular flexibility index (Phi) is 3.32. The number of carbonyl (C=O) groups excluding carboxylic acids is 1. The monoisotopic (exact) mass is 252 g/mol. The molecule has 0 radical (unpaired) electrons. The van der Waals surface area contributed by atoms with Crippen LogP contribution in [0.5, 0.6) is 0 Å². The van der Waals surface area contributed by atoms with Gasteiger partial charge in [-0.2, -0.15) is 0 Å². The summed E-state index contributed by atoms with van der Waals surface area (Å²) in [5, 5.41) is 3.65. The van der Waals surface area contributed by atoms with E-state index < -0.39 is 0 Å². The molecule has 2 aliphatic carbocycles. The Morgan fingerprint density at radius 1 is 1.39 bits per heavy atom. The fraction of sp³-hybridized carbons (Fsp3) is 0.929. The Bertz CT molecular complexity index is 322. The lowest BCUT2D eigenvalue weighted by Gasteiger charge is -2.28. The van der Waals surface area contributed by atoms with Crippen molar-refractivity contribution < 1.29 is 9.53 Å². The molecule has 0 aromatic carbocycles. The summed E-state index contributed by atoms with van der Waals surface area (Å²) in [7, 11) is 1.72. The van der Waals surface area contributed by atoms with E-state index in [4.69, 9.17) is 4.74 Å². The van der Waals surface area contributed by atoms with E-state index in [1.165, 1.54) is 25.7 Å². The third kappa shape index (κ3) is 2.05. The normalized spacial score (nSPS) is 30.6. The third-order valence-electron chi connectivity index (χ3n) is 4.77. The SMILES string of the molecule is COCCCN1C(=O)C2(CC2)NC1C1CCCC1. The highest BCUT2D eigenvalue weighted by Gasteiger charge is 2.60. The predicted molar refractivity (Wildman–Crippen MR) is 69.1 cm³/mol. The Labute approximate surface area is 109 Å². The van der Waals surface area contributed by atoms with Crippen molar-refractivity contribution in [3.63, 3.8) is 0 Å². The van der Waals surface area contributed by atoms with Crippen LogP contribution in [0.25, 0.3) is 0 Å². The Morgan fingerprint density at radius 2 is 2.11 bits per heavy atom. The quantitative estimate of drug-likeness (QED) is 0.754. The van der Waals surface area contributed by atoms with Crippen molar-refractivity contribution in [2.45, 2.75) is 56.7 Å². The number of nitrogens with zero attached hydrogens (tertiary/aromatic N) is 1. The van der Waals surface area contributed by atoms with Gasteiger partial charge >= 0.3 is 0 Å². The van der Waals surface area contributed by atoms with Crippen LogP contribution in [0, 0.1) is 5.92 Å². The van der Waals surface area contributed by atoms with E-state index in [9.17, 15) is 4.79 Å². The van der Waals surface area contributed by atoms with Gasteiger partial charge in [-0.1, -0.05) is 12.8 Å². The minimum Gasteiger partial charge on any atom is -0.385 e. The first-order valence-electron chi connectivity index (χ1n) is 7.34. The molecule has 4 nitrogen and oxygen atoms in total. The summed E-state index contributed by atoms with van der Waals surface area (Å²) < 4.78 is 5.11. The van der Waals surface area contributed by atoms with Crippen LogP contribution in [0.1, 0.15) is 44.9 Å². The molecule has 102 valence electrons. The van der Waals surface area contributed by atoms with E-state index in [2.05, 4.69) is 10.2 Å². The van der Waals surface area contributed by atoms with Gasteiger partial charge in [0, 0.05) is 20.3 Å². The molecule has 0 aromatic heterocycles. The van der Waals surface area contributed by atoms with Crippen molar-refractivity contribution >= 4 is 5.91 Å². The smallest absolute Gasteiger partial charge is 0.244 e. The number of ether oxygens (including phenoxy) is 1. The van der Waals surface area contributed by atoms with Crippen molar-refractivity contribution in [1.82, 2.24) is 10.2 Å². The number of hydrogen-bond donors (Lipinski definition) is 1. The number of hydrogen-bond acceptors (Lipinski definition) is 3. The summed E-state index contributed by atoms with van der Waals surface area (Å²) in [5.41, 5.74) is -0.152. The first-order chi connectivity index (χ1) is 8.77. The average Bonchev–Trinajstić information content (AvgIpc) is 2.85. The fourth-order valence-electron chi connectivity index (χ4n) is 3.57. The van der Waals surface area contributed by atoms with Crippen LogP contribution in [0.4, 0.5) is 0 Å². The maximum absolute atomic E-state index is 12.5. The van der Waals surface area contributed by atoms with E-state index in [1.54, 1.807) is 7.11 Å². The maximum Gasteiger partial charge on any atom is 0.244 e. The molecule has 0 aromatic rings. The van der Waals surface area contributed by atoms with E-state index >= 15 is 0 Å². The van der Waals surface area contributed by atoms with Gasteiger partial charge in [0.2, 0.25) is 5.91 Å². The predicted octanol–water partition coefficient (Wildman–Crippen LogP) is 1.50. The second-order valence-electron chi connectivity index (χ2n) is 6.06. The van der Waals surface area contributed by atoms with Crippen LogP contribution in [0.15, 0.2) is 0 Å². The molecule has 3 rings (SSSR count). The van der Waals surface area contributed by atoms with Crippen LogP contribution >= 0.6 is 0 Å². The molecular formula is C14H24N2O2. The zero-order valence-corrected chi connectivity index (χ0v) is 11.3. The lowest BCUT2D eigenvalue weighted by molar-refractivity contribution is -0.131. The van der Waals surface area contributed by atoms with Crippen molar-refractivity contribution in [2.24, 2.45) is 5.92 Å². The highest BCUT2D eigenvalue weighted by molar-refractivity contribution is 5.91. The Morgan fingerprint density at radius 3 is 2.72 bits per heavy atom. The summed E-state index contributed by atoms with van der Waals surface area (Å²) in [6, 6.07) is 0. The minimum atomic E-state index is -0.152. The molecule has 1 atom stereocenters. The van der Waals surface area contributed by atoms with Gasteiger partial charge in [0.25, 0.3) is 0 Å². The molecule has 1 aliphatic heterocycles. The van der Waals surface area contributed by atoms with Gasteiger partial charge in [0.1, 0.15) is 0 Å². The molecule has 1 amide bonds. The summed E-state index contributed by atoms with van der Waals surface area (Å²) in [6.45, 7) is 1.59. The first-order valence-corrected chi connectivity index (χ1v) is 7.34. The standard InChI is InChI=1S/C14H24N2O2/c1-18-10-4-9-16-12(11-5-2-3-6-11)15-14(7-8-14)13(16)17/h11-12,15H,2-10H2,1H3. The van der Waals surface area contributed by atoms with Gasteiger partial charge in [0.05, 0.1) is 11.7 Å². The van der Waals surface area contributed by atoms with Gasteiger partial charge in [-0.15, -0.1) is 0 Å². The lowest BCUT2D eigenvalue weighted by atomic mass is 10.0. The van der Waals surface area contributed by atoms with Gasteiger partial charge in [-0.3, -0.25) is 10.1 Å². The second kappa shape index (κ2) is 4.82. The first kappa shape index (κ1) is 12.4. The lowest BCUT2D eigenvalue weighted by Crippen LogP contribution is -2.43. The van der Waals surface area contributed by atoms with E-state index in [0.717, 1.165) is 32.4 Å². The summed E-state index contributed by atoms with van der Waals surface area (Å²) >= 11 is 0. The van der Waals surface area contributed by atoms with Crippen molar-refractivity contribution in [3.8, 4) is 0 Å². The largest absolute Gasteiger partial charge is 0.385 e.